The maximum absolute atomic E-state index is 12.7. The van der Waals surface area contributed by atoms with Gasteiger partial charge in [-0.2, -0.15) is 0 Å². The molecular formula is C23H31N3O3S. The van der Waals surface area contributed by atoms with Crippen molar-refractivity contribution in [2.24, 2.45) is 0 Å². The minimum atomic E-state index is -3.63. The molecule has 0 aromatic heterocycles. The summed E-state index contributed by atoms with van der Waals surface area (Å²) in [5, 5.41) is 2.96. The summed E-state index contributed by atoms with van der Waals surface area (Å²) in [5.74, 6) is -0.133. The Morgan fingerprint density at radius 1 is 0.967 bits per heavy atom. The number of nitrogens with one attached hydrogen (secondary N) is 1. The van der Waals surface area contributed by atoms with Crippen LogP contribution in [0.15, 0.2) is 59.5 Å². The Hall–Kier alpha value is -2.38. The Morgan fingerprint density at radius 3 is 2.23 bits per heavy atom. The smallest absolute Gasteiger partial charge is 0.264 e. The van der Waals surface area contributed by atoms with Crippen molar-refractivity contribution in [3.05, 3.63) is 60.2 Å². The first kappa shape index (κ1) is 22.3. The number of sulfonamides is 1. The van der Waals surface area contributed by atoms with Gasteiger partial charge in [0.15, 0.2) is 0 Å². The lowest BCUT2D eigenvalue weighted by atomic mass is 10.2. The Bertz CT molecular complexity index is 906. The van der Waals surface area contributed by atoms with Crippen LogP contribution in [0.4, 0.5) is 5.69 Å². The molecule has 1 N–H and O–H groups in total. The summed E-state index contributed by atoms with van der Waals surface area (Å²) >= 11 is 0. The molecule has 1 aliphatic heterocycles. The molecule has 0 radical (unpaired) electrons. The predicted molar refractivity (Wildman–Crippen MR) is 120 cm³/mol. The van der Waals surface area contributed by atoms with E-state index < -0.39 is 10.0 Å². The van der Waals surface area contributed by atoms with Gasteiger partial charge >= 0.3 is 0 Å². The number of rotatable bonds is 8. The maximum Gasteiger partial charge on any atom is 0.264 e. The Morgan fingerprint density at radius 2 is 1.60 bits per heavy atom. The minimum Gasteiger partial charge on any atom is -0.352 e. The molecular weight excluding hydrogens is 398 g/mol. The van der Waals surface area contributed by atoms with Crippen molar-refractivity contribution in [2.75, 3.05) is 37.5 Å². The number of hydrogen-bond acceptors (Lipinski definition) is 4. The summed E-state index contributed by atoms with van der Waals surface area (Å²) in [6.07, 6.45) is 6.12. The average molecular weight is 430 g/mol. The number of nitrogens with zero attached hydrogens (tertiary/aromatic N) is 2. The first-order valence-corrected chi connectivity index (χ1v) is 12.1. The number of anilines is 1. The van der Waals surface area contributed by atoms with Crippen LogP contribution >= 0.6 is 0 Å². The van der Waals surface area contributed by atoms with Crippen molar-refractivity contribution in [3.8, 4) is 0 Å². The van der Waals surface area contributed by atoms with Crippen molar-refractivity contribution in [1.82, 2.24) is 10.2 Å². The Balaban J connectivity index is 1.51. The van der Waals surface area contributed by atoms with Crippen LogP contribution in [-0.4, -0.2) is 52.5 Å². The van der Waals surface area contributed by atoms with E-state index in [1.807, 2.05) is 0 Å². The molecule has 1 amide bonds. The molecule has 1 fully saturated rings. The third-order valence-electron chi connectivity index (χ3n) is 5.53. The molecule has 0 spiro atoms. The number of hydrogen-bond donors (Lipinski definition) is 1. The number of carbonyl (C=O) groups is 1. The van der Waals surface area contributed by atoms with Gasteiger partial charge in [0.25, 0.3) is 15.9 Å². The van der Waals surface area contributed by atoms with E-state index in [1.165, 1.54) is 37.0 Å². The SMILES string of the molecule is CN(c1ccc(C(=O)NCCCN2CCCCCC2)cc1)S(=O)(=O)c1ccccc1. The minimum absolute atomic E-state index is 0.133. The van der Waals surface area contributed by atoms with Gasteiger partial charge in [-0.3, -0.25) is 9.10 Å². The Labute approximate surface area is 179 Å². The quantitative estimate of drug-likeness (QED) is 0.652. The fourth-order valence-corrected chi connectivity index (χ4v) is 4.90. The second-order valence-electron chi connectivity index (χ2n) is 7.70. The highest BCUT2D eigenvalue weighted by atomic mass is 32.2. The summed E-state index contributed by atoms with van der Waals surface area (Å²) in [6.45, 7) is 3.98. The van der Waals surface area contributed by atoms with Gasteiger partial charge < -0.3 is 10.2 Å². The van der Waals surface area contributed by atoms with E-state index in [0.717, 1.165) is 26.1 Å². The molecule has 0 bridgehead atoms. The molecule has 1 heterocycles. The number of amides is 1. The number of likely N-dealkylation sites (tertiary alicyclic amines) is 1. The van der Waals surface area contributed by atoms with Crippen molar-refractivity contribution in [3.63, 3.8) is 0 Å². The summed E-state index contributed by atoms with van der Waals surface area (Å²) in [6, 6.07) is 15.0. The topological polar surface area (TPSA) is 69.7 Å². The molecule has 30 heavy (non-hydrogen) atoms. The zero-order valence-corrected chi connectivity index (χ0v) is 18.4. The van der Waals surface area contributed by atoms with Crippen LogP contribution in [0.1, 0.15) is 42.5 Å². The number of carbonyl (C=O) groups excluding carboxylic acids is 1. The molecule has 3 rings (SSSR count). The van der Waals surface area contributed by atoms with E-state index in [9.17, 15) is 13.2 Å². The van der Waals surface area contributed by atoms with Crippen molar-refractivity contribution in [1.29, 1.82) is 0 Å². The van der Waals surface area contributed by atoms with Gasteiger partial charge in [0.2, 0.25) is 0 Å². The zero-order chi connectivity index (χ0) is 21.4. The molecule has 0 atom stereocenters. The number of benzene rings is 2. The molecule has 0 unspecified atom stereocenters. The van der Waals surface area contributed by atoms with Gasteiger partial charge in [0.05, 0.1) is 10.6 Å². The zero-order valence-electron chi connectivity index (χ0n) is 17.6. The molecule has 2 aromatic rings. The van der Waals surface area contributed by atoms with Crippen molar-refractivity contribution in [2.45, 2.75) is 37.0 Å². The standard InChI is InChI=1S/C23H31N3O3S/c1-25(30(28,29)22-10-5-4-6-11-22)21-14-12-20(13-15-21)23(27)24-16-9-19-26-17-7-2-3-8-18-26/h4-6,10-15H,2-3,7-9,16-19H2,1H3,(H,24,27). The molecule has 6 nitrogen and oxygen atoms in total. The van der Waals surface area contributed by atoms with Crippen LogP contribution < -0.4 is 9.62 Å². The monoisotopic (exact) mass is 429 g/mol. The van der Waals surface area contributed by atoms with Crippen molar-refractivity contribution < 1.29 is 13.2 Å². The lowest BCUT2D eigenvalue weighted by molar-refractivity contribution is 0.0951. The molecule has 162 valence electrons. The highest BCUT2D eigenvalue weighted by Gasteiger charge is 2.21. The van der Waals surface area contributed by atoms with E-state index >= 15 is 0 Å². The second kappa shape index (κ2) is 10.6. The predicted octanol–water partition coefficient (Wildman–Crippen LogP) is 3.51. The van der Waals surface area contributed by atoms with Gasteiger partial charge in [0, 0.05) is 19.2 Å². The van der Waals surface area contributed by atoms with Crippen LogP contribution in [0, 0.1) is 0 Å². The van der Waals surface area contributed by atoms with Crippen LogP contribution in [-0.2, 0) is 10.0 Å². The largest absolute Gasteiger partial charge is 0.352 e. The Kier molecular flexibility index (Phi) is 7.87. The molecule has 2 aromatic carbocycles. The van der Waals surface area contributed by atoms with Gasteiger partial charge in [-0.15, -0.1) is 0 Å². The third kappa shape index (κ3) is 5.83. The summed E-state index contributed by atoms with van der Waals surface area (Å²) in [7, 11) is -2.11. The van der Waals surface area contributed by atoms with E-state index in [0.29, 0.717) is 17.8 Å². The highest BCUT2D eigenvalue weighted by Crippen LogP contribution is 2.22. The first-order valence-electron chi connectivity index (χ1n) is 10.6. The normalized spacial score (nSPS) is 15.4. The molecule has 1 aliphatic rings. The van der Waals surface area contributed by atoms with Crippen LogP contribution in [0.3, 0.4) is 0 Å². The van der Waals surface area contributed by atoms with E-state index in [-0.39, 0.29) is 10.8 Å². The van der Waals surface area contributed by atoms with Gasteiger partial charge in [-0.1, -0.05) is 31.0 Å². The summed E-state index contributed by atoms with van der Waals surface area (Å²) < 4.78 is 26.7. The lowest BCUT2D eigenvalue weighted by Gasteiger charge is -2.20. The van der Waals surface area contributed by atoms with Gasteiger partial charge in [-0.05, 0) is 75.3 Å². The third-order valence-corrected chi connectivity index (χ3v) is 7.33. The highest BCUT2D eigenvalue weighted by molar-refractivity contribution is 7.92. The van der Waals surface area contributed by atoms with E-state index in [1.54, 1.807) is 54.6 Å². The van der Waals surface area contributed by atoms with Crippen LogP contribution in [0.25, 0.3) is 0 Å². The van der Waals surface area contributed by atoms with Crippen LogP contribution in [0.2, 0.25) is 0 Å². The lowest BCUT2D eigenvalue weighted by Crippen LogP contribution is -2.30. The molecule has 1 saturated heterocycles. The average Bonchev–Trinajstić information content (AvgIpc) is 3.05. The second-order valence-corrected chi connectivity index (χ2v) is 9.67. The molecule has 0 aliphatic carbocycles. The molecule has 7 heteroatoms. The summed E-state index contributed by atoms with van der Waals surface area (Å²) in [5.41, 5.74) is 1.04. The maximum atomic E-state index is 12.7. The van der Waals surface area contributed by atoms with Gasteiger partial charge in [-0.25, -0.2) is 8.42 Å². The fraction of sp³-hybridized carbons (Fsp3) is 0.435. The summed E-state index contributed by atoms with van der Waals surface area (Å²) in [4.78, 5) is 15.1. The van der Waals surface area contributed by atoms with Gasteiger partial charge in [0.1, 0.15) is 0 Å². The van der Waals surface area contributed by atoms with Crippen molar-refractivity contribution >= 4 is 21.6 Å². The van der Waals surface area contributed by atoms with E-state index in [4.69, 9.17) is 0 Å². The van der Waals surface area contributed by atoms with E-state index in [2.05, 4.69) is 10.2 Å². The first-order chi connectivity index (χ1) is 14.5. The molecule has 0 saturated carbocycles. The fourth-order valence-electron chi connectivity index (χ4n) is 3.68. The van der Waals surface area contributed by atoms with Crippen LogP contribution in [0.5, 0.6) is 0 Å².